The lowest BCUT2D eigenvalue weighted by molar-refractivity contribution is 0.0581. The normalized spacial score (nSPS) is 15.2. The van der Waals surface area contributed by atoms with Crippen molar-refractivity contribution >= 4 is 17.0 Å². The molecule has 1 aromatic carbocycles. The summed E-state index contributed by atoms with van der Waals surface area (Å²) in [4.78, 5) is 15.7. The third kappa shape index (κ3) is 1.50. The van der Waals surface area contributed by atoms with Crippen molar-refractivity contribution in [1.82, 2.24) is 9.55 Å². The Bertz CT molecular complexity index is 602. The molecule has 5 heteroatoms. The van der Waals surface area contributed by atoms with Gasteiger partial charge < -0.3 is 9.30 Å². The second-order valence-electron chi connectivity index (χ2n) is 4.14. The molecule has 1 aliphatic rings. The average molecular weight is 234 g/mol. The van der Waals surface area contributed by atoms with Crippen LogP contribution in [0.25, 0.3) is 11.0 Å². The van der Waals surface area contributed by atoms with Gasteiger partial charge >= 0.3 is 5.97 Å². The highest BCUT2D eigenvalue weighted by atomic mass is 19.1. The molecule has 1 aromatic heterocycles. The van der Waals surface area contributed by atoms with Gasteiger partial charge in [0.1, 0.15) is 5.52 Å². The number of rotatable bonds is 2. The van der Waals surface area contributed by atoms with Gasteiger partial charge in [-0.25, -0.2) is 14.2 Å². The maximum Gasteiger partial charge on any atom is 0.374 e. The molecule has 88 valence electrons. The van der Waals surface area contributed by atoms with Crippen LogP contribution in [0, 0.1) is 5.82 Å². The molecule has 17 heavy (non-hydrogen) atoms. The van der Waals surface area contributed by atoms with Crippen LogP contribution < -0.4 is 0 Å². The van der Waals surface area contributed by atoms with E-state index in [1.807, 2.05) is 0 Å². The number of imidazole rings is 1. The van der Waals surface area contributed by atoms with Crippen molar-refractivity contribution in [3.05, 3.63) is 29.8 Å². The van der Waals surface area contributed by atoms with E-state index < -0.39 is 11.8 Å². The highest BCUT2D eigenvalue weighted by Crippen LogP contribution is 2.39. The first-order valence-electron chi connectivity index (χ1n) is 5.47. The topological polar surface area (TPSA) is 44.1 Å². The zero-order valence-corrected chi connectivity index (χ0v) is 9.31. The molecule has 0 amide bonds. The SMILES string of the molecule is COC(=O)c1nc2c(F)cccc2n1C1CC1. The Hall–Kier alpha value is -1.91. The van der Waals surface area contributed by atoms with E-state index in [-0.39, 0.29) is 17.4 Å². The Morgan fingerprint density at radius 3 is 2.94 bits per heavy atom. The lowest BCUT2D eigenvalue weighted by Gasteiger charge is -2.05. The summed E-state index contributed by atoms with van der Waals surface area (Å²) < 4.78 is 20.1. The van der Waals surface area contributed by atoms with Crippen LogP contribution >= 0.6 is 0 Å². The summed E-state index contributed by atoms with van der Waals surface area (Å²) >= 11 is 0. The minimum atomic E-state index is -0.521. The summed E-state index contributed by atoms with van der Waals surface area (Å²) in [5.41, 5.74) is 0.896. The molecule has 0 bridgehead atoms. The first-order chi connectivity index (χ1) is 8.22. The van der Waals surface area contributed by atoms with Crippen LogP contribution in [0.2, 0.25) is 0 Å². The summed E-state index contributed by atoms with van der Waals surface area (Å²) in [7, 11) is 1.30. The Labute approximate surface area is 97.0 Å². The zero-order valence-electron chi connectivity index (χ0n) is 9.31. The first kappa shape index (κ1) is 10.3. The number of hydrogen-bond donors (Lipinski definition) is 0. The number of methoxy groups -OCH3 is 1. The van der Waals surface area contributed by atoms with Gasteiger partial charge in [-0.3, -0.25) is 0 Å². The second-order valence-corrected chi connectivity index (χ2v) is 4.14. The zero-order chi connectivity index (χ0) is 12.0. The molecule has 1 aliphatic carbocycles. The summed E-state index contributed by atoms with van der Waals surface area (Å²) in [5, 5.41) is 0. The standard InChI is InChI=1S/C12H11FN2O2/c1-17-12(16)11-14-10-8(13)3-2-4-9(10)15(11)7-5-6-7/h2-4,7H,5-6H2,1H3. The highest BCUT2D eigenvalue weighted by molar-refractivity contribution is 5.91. The van der Waals surface area contributed by atoms with Crippen molar-refractivity contribution in [3.8, 4) is 0 Å². The van der Waals surface area contributed by atoms with Crippen LogP contribution in [0.1, 0.15) is 29.5 Å². The van der Waals surface area contributed by atoms with Gasteiger partial charge in [0.25, 0.3) is 0 Å². The Balaban J connectivity index is 2.30. The molecule has 3 rings (SSSR count). The molecule has 1 saturated carbocycles. The number of fused-ring (bicyclic) bond motifs is 1. The van der Waals surface area contributed by atoms with Crippen LogP contribution in [0.5, 0.6) is 0 Å². The number of ether oxygens (including phenoxy) is 1. The predicted octanol–water partition coefficient (Wildman–Crippen LogP) is 2.30. The Morgan fingerprint density at radius 2 is 2.29 bits per heavy atom. The van der Waals surface area contributed by atoms with Crippen LogP contribution in [-0.2, 0) is 4.74 Å². The molecule has 0 spiro atoms. The molecule has 0 aliphatic heterocycles. The van der Waals surface area contributed by atoms with Crippen LogP contribution in [0.15, 0.2) is 18.2 Å². The lowest BCUT2D eigenvalue weighted by atomic mass is 10.3. The maximum atomic E-state index is 13.6. The molecule has 2 aromatic rings. The fourth-order valence-corrected chi connectivity index (χ4v) is 2.02. The number of hydrogen-bond acceptors (Lipinski definition) is 3. The van der Waals surface area contributed by atoms with E-state index in [1.54, 1.807) is 16.7 Å². The van der Waals surface area contributed by atoms with Gasteiger partial charge in [-0.15, -0.1) is 0 Å². The molecule has 1 fully saturated rings. The number of para-hydroxylation sites is 1. The van der Waals surface area contributed by atoms with Crippen LogP contribution in [0.4, 0.5) is 4.39 Å². The Morgan fingerprint density at radius 1 is 1.53 bits per heavy atom. The molecule has 0 radical (unpaired) electrons. The van der Waals surface area contributed by atoms with Gasteiger partial charge in [0.05, 0.1) is 12.6 Å². The number of carbonyl (C=O) groups excluding carboxylic acids is 1. The third-order valence-corrected chi connectivity index (χ3v) is 2.95. The molecule has 0 saturated heterocycles. The number of esters is 1. The fraction of sp³-hybridized carbons (Fsp3) is 0.333. The number of aromatic nitrogens is 2. The molecule has 0 N–H and O–H groups in total. The smallest absolute Gasteiger partial charge is 0.374 e. The summed E-state index contributed by atoms with van der Waals surface area (Å²) in [5.74, 6) is -0.741. The minimum absolute atomic E-state index is 0.190. The molecule has 4 nitrogen and oxygen atoms in total. The van der Waals surface area contributed by atoms with Crippen molar-refractivity contribution in [2.75, 3.05) is 7.11 Å². The van der Waals surface area contributed by atoms with E-state index in [4.69, 9.17) is 0 Å². The number of nitrogens with zero attached hydrogens (tertiary/aromatic N) is 2. The molecule has 1 heterocycles. The van der Waals surface area contributed by atoms with E-state index in [0.29, 0.717) is 5.52 Å². The highest BCUT2D eigenvalue weighted by Gasteiger charge is 2.31. The predicted molar refractivity (Wildman–Crippen MR) is 59.3 cm³/mol. The van der Waals surface area contributed by atoms with E-state index in [1.165, 1.54) is 13.2 Å². The first-order valence-corrected chi connectivity index (χ1v) is 5.47. The van der Waals surface area contributed by atoms with E-state index in [9.17, 15) is 9.18 Å². The number of halogens is 1. The summed E-state index contributed by atoms with van der Waals surface area (Å²) in [6.45, 7) is 0. The summed E-state index contributed by atoms with van der Waals surface area (Å²) in [6.07, 6.45) is 1.98. The van der Waals surface area contributed by atoms with Gasteiger partial charge in [0.15, 0.2) is 5.82 Å². The molecule has 0 atom stereocenters. The Kier molecular flexibility index (Phi) is 2.14. The van der Waals surface area contributed by atoms with E-state index >= 15 is 0 Å². The fourth-order valence-electron chi connectivity index (χ4n) is 2.02. The van der Waals surface area contributed by atoms with Crippen molar-refractivity contribution in [2.45, 2.75) is 18.9 Å². The van der Waals surface area contributed by atoms with Crippen molar-refractivity contribution < 1.29 is 13.9 Å². The molecule has 0 unspecified atom stereocenters. The third-order valence-electron chi connectivity index (χ3n) is 2.95. The van der Waals surface area contributed by atoms with Crippen LogP contribution in [-0.4, -0.2) is 22.6 Å². The van der Waals surface area contributed by atoms with Gasteiger partial charge in [0.2, 0.25) is 5.82 Å². The van der Waals surface area contributed by atoms with Gasteiger partial charge in [-0.05, 0) is 25.0 Å². The van der Waals surface area contributed by atoms with Crippen molar-refractivity contribution in [1.29, 1.82) is 0 Å². The largest absolute Gasteiger partial charge is 0.463 e. The van der Waals surface area contributed by atoms with E-state index in [2.05, 4.69) is 9.72 Å². The van der Waals surface area contributed by atoms with Crippen molar-refractivity contribution in [2.24, 2.45) is 0 Å². The lowest BCUT2D eigenvalue weighted by Crippen LogP contribution is -2.10. The van der Waals surface area contributed by atoms with E-state index in [0.717, 1.165) is 12.8 Å². The van der Waals surface area contributed by atoms with Gasteiger partial charge in [0, 0.05) is 6.04 Å². The number of benzene rings is 1. The van der Waals surface area contributed by atoms with Gasteiger partial charge in [-0.1, -0.05) is 6.07 Å². The molecular formula is C12H11FN2O2. The molecular weight excluding hydrogens is 223 g/mol. The van der Waals surface area contributed by atoms with Gasteiger partial charge in [-0.2, -0.15) is 0 Å². The number of carbonyl (C=O) groups is 1. The monoisotopic (exact) mass is 234 g/mol. The maximum absolute atomic E-state index is 13.6. The van der Waals surface area contributed by atoms with Crippen molar-refractivity contribution in [3.63, 3.8) is 0 Å². The average Bonchev–Trinajstić information content (AvgIpc) is 3.09. The quantitative estimate of drug-likeness (QED) is 0.749. The minimum Gasteiger partial charge on any atom is -0.463 e. The second kappa shape index (κ2) is 3.55. The van der Waals surface area contributed by atoms with Crippen LogP contribution in [0.3, 0.4) is 0 Å². The summed E-state index contributed by atoms with van der Waals surface area (Å²) in [6, 6.07) is 4.99.